The van der Waals surface area contributed by atoms with E-state index in [1.54, 1.807) is 6.07 Å². The Hall–Kier alpha value is -2.51. The van der Waals surface area contributed by atoms with E-state index in [4.69, 9.17) is 18.6 Å². The summed E-state index contributed by atoms with van der Waals surface area (Å²) in [5, 5.41) is 2.89. The second-order valence-electron chi connectivity index (χ2n) is 6.06. The highest BCUT2D eigenvalue weighted by Gasteiger charge is 2.16. The first-order chi connectivity index (χ1) is 12.3. The zero-order chi connectivity index (χ0) is 17.1. The molecular weight excluding hydrogens is 324 g/mol. The first-order valence-electron chi connectivity index (χ1n) is 8.32. The molecule has 0 atom stereocenters. The second kappa shape index (κ2) is 7.16. The zero-order valence-electron chi connectivity index (χ0n) is 13.8. The summed E-state index contributed by atoms with van der Waals surface area (Å²) in [7, 11) is 0. The van der Waals surface area contributed by atoms with Crippen molar-refractivity contribution in [1.82, 2.24) is 10.2 Å². The lowest BCUT2D eigenvalue weighted by Gasteiger charge is -2.25. The molecule has 1 fully saturated rings. The molecule has 1 aromatic heterocycles. The summed E-state index contributed by atoms with van der Waals surface area (Å²) in [6.45, 7) is 4.59. The van der Waals surface area contributed by atoms with E-state index >= 15 is 0 Å². The molecule has 0 radical (unpaired) electrons. The first kappa shape index (κ1) is 16.0. The fourth-order valence-corrected chi connectivity index (χ4v) is 2.90. The molecule has 2 aliphatic heterocycles. The maximum Gasteiger partial charge on any atom is 0.254 e. The van der Waals surface area contributed by atoms with E-state index in [1.165, 1.54) is 6.26 Å². The average molecular weight is 344 g/mol. The summed E-state index contributed by atoms with van der Waals surface area (Å²) >= 11 is 0. The van der Waals surface area contributed by atoms with Crippen LogP contribution in [0.15, 0.2) is 34.9 Å². The van der Waals surface area contributed by atoms with Gasteiger partial charge in [-0.1, -0.05) is 6.07 Å². The van der Waals surface area contributed by atoms with Gasteiger partial charge in [0.1, 0.15) is 12.0 Å². The molecule has 1 saturated heterocycles. The van der Waals surface area contributed by atoms with E-state index in [0.29, 0.717) is 24.4 Å². The summed E-state index contributed by atoms with van der Waals surface area (Å²) < 4.78 is 21.5. The van der Waals surface area contributed by atoms with Crippen molar-refractivity contribution in [2.75, 3.05) is 33.1 Å². The van der Waals surface area contributed by atoms with Gasteiger partial charge >= 0.3 is 0 Å². The molecule has 7 nitrogen and oxygen atoms in total. The molecule has 0 bridgehead atoms. The predicted octanol–water partition coefficient (Wildman–Crippen LogP) is 1.77. The van der Waals surface area contributed by atoms with Crippen LogP contribution in [0, 0.1) is 0 Å². The Morgan fingerprint density at radius 3 is 2.84 bits per heavy atom. The van der Waals surface area contributed by atoms with Crippen molar-refractivity contribution < 1.29 is 23.4 Å². The summed E-state index contributed by atoms with van der Waals surface area (Å²) in [6, 6.07) is 7.43. The molecule has 3 heterocycles. The standard InChI is InChI=1S/C18H20N2O5/c21-18(19-9-13-1-2-16-17(7-13)25-12-24-16)14-8-15(23-11-14)10-20-3-5-22-6-4-20/h1-2,7-8,11H,3-6,9-10,12H2,(H,19,21). The van der Waals surface area contributed by atoms with E-state index in [9.17, 15) is 4.79 Å². The molecule has 2 aliphatic rings. The van der Waals surface area contributed by atoms with Crippen LogP contribution >= 0.6 is 0 Å². The minimum Gasteiger partial charge on any atom is -0.467 e. The molecule has 0 unspecified atom stereocenters. The topological polar surface area (TPSA) is 73.2 Å². The Morgan fingerprint density at radius 2 is 1.96 bits per heavy atom. The van der Waals surface area contributed by atoms with Gasteiger partial charge in [0, 0.05) is 19.6 Å². The monoisotopic (exact) mass is 344 g/mol. The molecule has 2 aromatic rings. The highest BCUT2D eigenvalue weighted by Crippen LogP contribution is 2.32. The molecule has 4 rings (SSSR count). The van der Waals surface area contributed by atoms with Gasteiger partial charge in [0.05, 0.1) is 25.3 Å². The molecule has 132 valence electrons. The van der Waals surface area contributed by atoms with Gasteiger partial charge in [0.25, 0.3) is 5.91 Å². The number of carbonyl (C=O) groups excluding carboxylic acids is 1. The lowest BCUT2D eigenvalue weighted by atomic mass is 10.2. The fourth-order valence-electron chi connectivity index (χ4n) is 2.90. The van der Waals surface area contributed by atoms with Crippen molar-refractivity contribution in [3.63, 3.8) is 0 Å². The van der Waals surface area contributed by atoms with Gasteiger partial charge in [-0.25, -0.2) is 0 Å². The van der Waals surface area contributed by atoms with Crippen LogP contribution in [0.25, 0.3) is 0 Å². The van der Waals surface area contributed by atoms with Gasteiger partial charge < -0.3 is 23.9 Å². The molecule has 7 heteroatoms. The number of furan rings is 1. The average Bonchev–Trinajstić information content (AvgIpc) is 3.29. The number of fused-ring (bicyclic) bond motifs is 1. The number of hydrogen-bond donors (Lipinski definition) is 1. The summed E-state index contributed by atoms with van der Waals surface area (Å²) in [4.78, 5) is 14.5. The van der Waals surface area contributed by atoms with Gasteiger partial charge in [0.2, 0.25) is 6.79 Å². The van der Waals surface area contributed by atoms with Crippen molar-refractivity contribution in [1.29, 1.82) is 0 Å². The highest BCUT2D eigenvalue weighted by atomic mass is 16.7. The van der Waals surface area contributed by atoms with Crippen molar-refractivity contribution in [3.8, 4) is 11.5 Å². The molecule has 0 saturated carbocycles. The van der Waals surface area contributed by atoms with E-state index in [1.807, 2.05) is 18.2 Å². The van der Waals surface area contributed by atoms with Crippen molar-refractivity contribution in [3.05, 3.63) is 47.4 Å². The molecule has 0 spiro atoms. The summed E-state index contributed by atoms with van der Waals surface area (Å²) in [5.41, 5.74) is 1.48. The van der Waals surface area contributed by atoms with Gasteiger partial charge in [-0.05, 0) is 23.8 Å². The van der Waals surface area contributed by atoms with Crippen LogP contribution in [0.3, 0.4) is 0 Å². The molecular formula is C18H20N2O5. The largest absolute Gasteiger partial charge is 0.467 e. The van der Waals surface area contributed by atoms with E-state index in [2.05, 4.69) is 10.2 Å². The minimum absolute atomic E-state index is 0.158. The van der Waals surface area contributed by atoms with E-state index in [-0.39, 0.29) is 12.7 Å². The van der Waals surface area contributed by atoms with Crippen LogP contribution in [0.5, 0.6) is 11.5 Å². The van der Waals surface area contributed by atoms with Gasteiger partial charge in [-0.15, -0.1) is 0 Å². The number of carbonyl (C=O) groups is 1. The summed E-state index contributed by atoms with van der Waals surface area (Å²) in [6.07, 6.45) is 1.50. The number of ether oxygens (including phenoxy) is 3. The van der Waals surface area contributed by atoms with Crippen LogP contribution in [-0.4, -0.2) is 43.9 Å². The van der Waals surface area contributed by atoms with Crippen LogP contribution < -0.4 is 14.8 Å². The Bertz CT molecular complexity index is 752. The number of nitrogens with zero attached hydrogens (tertiary/aromatic N) is 1. The number of morpholine rings is 1. The molecule has 1 amide bonds. The van der Waals surface area contributed by atoms with E-state index in [0.717, 1.165) is 43.4 Å². The third-order valence-electron chi connectivity index (χ3n) is 4.29. The van der Waals surface area contributed by atoms with E-state index < -0.39 is 0 Å². The third kappa shape index (κ3) is 3.78. The SMILES string of the molecule is O=C(NCc1ccc2c(c1)OCO2)c1coc(CN2CCOCC2)c1. The van der Waals surface area contributed by atoms with Crippen molar-refractivity contribution in [2.45, 2.75) is 13.1 Å². The third-order valence-corrected chi connectivity index (χ3v) is 4.29. The maximum absolute atomic E-state index is 12.3. The number of hydrogen-bond acceptors (Lipinski definition) is 6. The molecule has 1 N–H and O–H groups in total. The normalized spacial score (nSPS) is 16.8. The fraction of sp³-hybridized carbons (Fsp3) is 0.389. The number of benzene rings is 1. The summed E-state index contributed by atoms with van der Waals surface area (Å²) in [5.74, 6) is 2.07. The maximum atomic E-state index is 12.3. The Labute approximate surface area is 145 Å². The minimum atomic E-state index is -0.158. The number of rotatable bonds is 5. The van der Waals surface area contributed by atoms with Crippen molar-refractivity contribution >= 4 is 5.91 Å². The first-order valence-corrected chi connectivity index (χ1v) is 8.32. The zero-order valence-corrected chi connectivity index (χ0v) is 13.8. The second-order valence-corrected chi connectivity index (χ2v) is 6.06. The molecule has 25 heavy (non-hydrogen) atoms. The van der Waals surface area contributed by atoms with Crippen molar-refractivity contribution in [2.24, 2.45) is 0 Å². The van der Waals surface area contributed by atoms with Crippen LogP contribution in [0.2, 0.25) is 0 Å². The van der Waals surface area contributed by atoms with Crippen LogP contribution in [0.4, 0.5) is 0 Å². The highest BCUT2D eigenvalue weighted by molar-refractivity contribution is 5.93. The van der Waals surface area contributed by atoms with Crippen LogP contribution in [0.1, 0.15) is 21.7 Å². The predicted molar refractivity (Wildman–Crippen MR) is 88.5 cm³/mol. The molecule has 0 aliphatic carbocycles. The van der Waals surface area contributed by atoms with Gasteiger partial charge in [-0.2, -0.15) is 0 Å². The smallest absolute Gasteiger partial charge is 0.254 e. The Balaban J connectivity index is 1.32. The Kier molecular flexibility index (Phi) is 4.58. The number of amides is 1. The lowest BCUT2D eigenvalue weighted by molar-refractivity contribution is 0.0313. The quantitative estimate of drug-likeness (QED) is 0.891. The van der Waals surface area contributed by atoms with Gasteiger partial charge in [-0.3, -0.25) is 9.69 Å². The van der Waals surface area contributed by atoms with Gasteiger partial charge in [0.15, 0.2) is 11.5 Å². The number of nitrogens with one attached hydrogen (secondary N) is 1. The Morgan fingerprint density at radius 1 is 1.12 bits per heavy atom. The lowest BCUT2D eigenvalue weighted by Crippen LogP contribution is -2.35. The van der Waals surface area contributed by atoms with Crippen LogP contribution in [-0.2, 0) is 17.8 Å². The molecule has 1 aromatic carbocycles.